The number of nitrogens with one attached hydrogen (secondary N) is 2. The van der Waals surface area contributed by atoms with E-state index in [1.807, 2.05) is 32.0 Å². The SMILES string of the molecule is CCCC(=O)NC(=S)Nc1cccc(-c2nc3cc(Cl)ccc3o2)c1C. The molecule has 1 aromatic heterocycles. The van der Waals surface area contributed by atoms with Crippen LogP contribution >= 0.6 is 23.8 Å². The van der Waals surface area contributed by atoms with E-state index < -0.39 is 0 Å². The number of hydrogen-bond donors (Lipinski definition) is 2. The molecule has 26 heavy (non-hydrogen) atoms. The topological polar surface area (TPSA) is 67.2 Å². The van der Waals surface area contributed by atoms with Gasteiger partial charge in [-0.1, -0.05) is 24.6 Å². The van der Waals surface area contributed by atoms with Gasteiger partial charge in [-0.3, -0.25) is 4.79 Å². The van der Waals surface area contributed by atoms with Crippen LogP contribution < -0.4 is 10.6 Å². The molecule has 0 spiro atoms. The van der Waals surface area contributed by atoms with Crippen LogP contribution in [0.2, 0.25) is 5.02 Å². The van der Waals surface area contributed by atoms with Crippen LogP contribution in [0.15, 0.2) is 40.8 Å². The van der Waals surface area contributed by atoms with Crippen molar-refractivity contribution < 1.29 is 9.21 Å². The highest BCUT2D eigenvalue weighted by Crippen LogP contribution is 2.31. The van der Waals surface area contributed by atoms with E-state index in [4.69, 9.17) is 28.2 Å². The van der Waals surface area contributed by atoms with Gasteiger partial charge >= 0.3 is 0 Å². The molecule has 0 unspecified atom stereocenters. The second-order valence-electron chi connectivity index (χ2n) is 5.86. The van der Waals surface area contributed by atoms with Crippen molar-refractivity contribution in [1.29, 1.82) is 0 Å². The maximum Gasteiger partial charge on any atom is 0.227 e. The number of anilines is 1. The molecule has 2 aromatic carbocycles. The maximum atomic E-state index is 11.7. The van der Waals surface area contributed by atoms with Crippen LogP contribution in [0.5, 0.6) is 0 Å². The number of hydrogen-bond acceptors (Lipinski definition) is 4. The summed E-state index contributed by atoms with van der Waals surface area (Å²) in [5.74, 6) is 0.402. The number of benzene rings is 2. The second kappa shape index (κ2) is 7.85. The molecular weight excluding hydrogens is 370 g/mol. The molecule has 0 aliphatic rings. The first-order valence-electron chi connectivity index (χ1n) is 8.25. The number of oxazole rings is 1. The molecule has 1 amide bonds. The molecule has 0 radical (unpaired) electrons. The molecule has 7 heteroatoms. The van der Waals surface area contributed by atoms with Crippen molar-refractivity contribution >= 4 is 51.6 Å². The van der Waals surface area contributed by atoms with Crippen LogP contribution in [0.3, 0.4) is 0 Å². The molecule has 5 nitrogen and oxygen atoms in total. The van der Waals surface area contributed by atoms with Gasteiger partial charge in [0, 0.05) is 22.7 Å². The largest absolute Gasteiger partial charge is 0.436 e. The number of amides is 1. The van der Waals surface area contributed by atoms with Gasteiger partial charge in [0.25, 0.3) is 0 Å². The Bertz CT molecular complexity index is 984. The van der Waals surface area contributed by atoms with E-state index in [0.29, 0.717) is 28.4 Å². The summed E-state index contributed by atoms with van der Waals surface area (Å²) in [6.07, 6.45) is 1.21. The Morgan fingerprint density at radius 2 is 2.12 bits per heavy atom. The number of rotatable bonds is 4. The highest BCUT2D eigenvalue weighted by Gasteiger charge is 2.14. The number of fused-ring (bicyclic) bond motifs is 1. The highest BCUT2D eigenvalue weighted by molar-refractivity contribution is 7.80. The van der Waals surface area contributed by atoms with Crippen molar-refractivity contribution in [2.24, 2.45) is 0 Å². The number of carbonyl (C=O) groups is 1. The number of thiocarbonyl (C=S) groups is 1. The molecular formula is C19H18ClN3O2S. The Labute approximate surface area is 161 Å². The average Bonchev–Trinajstić information content (AvgIpc) is 2.99. The Balaban J connectivity index is 1.86. The van der Waals surface area contributed by atoms with Crippen LogP contribution in [0.4, 0.5) is 5.69 Å². The highest BCUT2D eigenvalue weighted by atomic mass is 35.5. The molecule has 3 aromatic rings. The third-order valence-corrected chi connectivity index (χ3v) is 4.33. The summed E-state index contributed by atoms with van der Waals surface area (Å²) in [5, 5.41) is 6.61. The van der Waals surface area contributed by atoms with Gasteiger partial charge in [0.05, 0.1) is 0 Å². The minimum atomic E-state index is -0.102. The standard InChI is InChI=1S/C19H18ClN3O2S/c1-3-5-17(24)23-19(26)22-14-7-4-6-13(11(14)2)18-21-15-10-12(20)8-9-16(15)25-18/h4,6-10H,3,5H2,1-2H3,(H2,22,23,24,26). The molecule has 0 saturated heterocycles. The predicted molar refractivity (Wildman–Crippen MR) is 108 cm³/mol. The van der Waals surface area contributed by atoms with Crippen LogP contribution in [0.1, 0.15) is 25.3 Å². The molecule has 3 rings (SSSR count). The molecule has 2 N–H and O–H groups in total. The Kier molecular flexibility index (Phi) is 5.54. The van der Waals surface area contributed by atoms with Crippen molar-refractivity contribution in [3.8, 4) is 11.5 Å². The fraction of sp³-hybridized carbons (Fsp3) is 0.211. The van der Waals surface area contributed by atoms with E-state index >= 15 is 0 Å². The first kappa shape index (κ1) is 18.4. The Hall–Kier alpha value is -2.44. The molecule has 0 fully saturated rings. The van der Waals surface area contributed by atoms with E-state index in [0.717, 1.165) is 23.2 Å². The molecule has 0 saturated carbocycles. The molecule has 0 bridgehead atoms. The molecule has 0 aliphatic heterocycles. The van der Waals surface area contributed by atoms with Crippen molar-refractivity contribution in [2.75, 3.05) is 5.32 Å². The zero-order chi connectivity index (χ0) is 18.7. The normalized spacial score (nSPS) is 10.7. The maximum absolute atomic E-state index is 11.7. The summed E-state index contributed by atoms with van der Waals surface area (Å²) in [6, 6.07) is 11.0. The molecule has 0 aliphatic carbocycles. The third-order valence-electron chi connectivity index (χ3n) is 3.89. The first-order chi connectivity index (χ1) is 12.5. The number of halogens is 1. The predicted octanol–water partition coefficient (Wildman–Crippen LogP) is 5.07. The van der Waals surface area contributed by atoms with Gasteiger partial charge in [-0.25, -0.2) is 4.98 Å². The zero-order valence-electron chi connectivity index (χ0n) is 14.4. The summed E-state index contributed by atoms with van der Waals surface area (Å²) in [7, 11) is 0. The van der Waals surface area contributed by atoms with Gasteiger partial charge in [-0.15, -0.1) is 0 Å². The number of nitrogens with zero attached hydrogens (tertiary/aromatic N) is 1. The van der Waals surface area contributed by atoms with E-state index in [9.17, 15) is 4.79 Å². The van der Waals surface area contributed by atoms with Gasteiger partial charge in [-0.05, 0) is 61.5 Å². The van der Waals surface area contributed by atoms with Gasteiger partial charge in [0.15, 0.2) is 10.7 Å². The quantitative estimate of drug-likeness (QED) is 0.612. The summed E-state index contributed by atoms with van der Waals surface area (Å²) >= 11 is 11.2. The van der Waals surface area contributed by atoms with Crippen LogP contribution in [-0.4, -0.2) is 16.0 Å². The summed E-state index contributed by atoms with van der Waals surface area (Å²) < 4.78 is 5.85. The first-order valence-corrected chi connectivity index (χ1v) is 9.03. The lowest BCUT2D eigenvalue weighted by atomic mass is 10.1. The second-order valence-corrected chi connectivity index (χ2v) is 6.71. The van der Waals surface area contributed by atoms with Gasteiger partial charge in [0.2, 0.25) is 11.8 Å². The Morgan fingerprint density at radius 1 is 1.31 bits per heavy atom. The summed E-state index contributed by atoms with van der Waals surface area (Å²) in [5.41, 5.74) is 3.91. The molecule has 0 atom stereocenters. The van der Waals surface area contributed by atoms with E-state index in [-0.39, 0.29) is 11.0 Å². The zero-order valence-corrected chi connectivity index (χ0v) is 16.0. The van der Waals surface area contributed by atoms with Crippen molar-refractivity contribution in [2.45, 2.75) is 26.7 Å². The molecule has 134 valence electrons. The number of carbonyl (C=O) groups excluding carboxylic acids is 1. The lowest BCUT2D eigenvalue weighted by Gasteiger charge is -2.13. The van der Waals surface area contributed by atoms with Gasteiger partial charge in [-0.2, -0.15) is 0 Å². The summed E-state index contributed by atoms with van der Waals surface area (Å²) in [4.78, 5) is 16.2. The van der Waals surface area contributed by atoms with Crippen LogP contribution in [-0.2, 0) is 4.79 Å². The number of aromatic nitrogens is 1. The summed E-state index contributed by atoms with van der Waals surface area (Å²) in [6.45, 7) is 3.88. The third kappa shape index (κ3) is 4.03. The average molecular weight is 388 g/mol. The smallest absolute Gasteiger partial charge is 0.227 e. The van der Waals surface area contributed by atoms with E-state index in [2.05, 4.69) is 15.6 Å². The van der Waals surface area contributed by atoms with Crippen molar-refractivity contribution in [1.82, 2.24) is 10.3 Å². The van der Waals surface area contributed by atoms with Crippen LogP contribution in [0, 0.1) is 6.92 Å². The monoisotopic (exact) mass is 387 g/mol. The van der Waals surface area contributed by atoms with Gasteiger partial charge in [0.1, 0.15) is 5.52 Å². The lowest BCUT2D eigenvalue weighted by Crippen LogP contribution is -2.34. The van der Waals surface area contributed by atoms with Crippen molar-refractivity contribution in [3.05, 3.63) is 47.0 Å². The van der Waals surface area contributed by atoms with Gasteiger partial charge < -0.3 is 15.1 Å². The van der Waals surface area contributed by atoms with Crippen molar-refractivity contribution in [3.63, 3.8) is 0 Å². The molecule has 1 heterocycles. The fourth-order valence-electron chi connectivity index (χ4n) is 2.59. The van der Waals surface area contributed by atoms with E-state index in [1.54, 1.807) is 18.2 Å². The Morgan fingerprint density at radius 3 is 2.88 bits per heavy atom. The fourth-order valence-corrected chi connectivity index (χ4v) is 2.98. The van der Waals surface area contributed by atoms with E-state index in [1.165, 1.54) is 0 Å². The minimum Gasteiger partial charge on any atom is -0.436 e. The van der Waals surface area contributed by atoms with Crippen LogP contribution in [0.25, 0.3) is 22.6 Å². The minimum absolute atomic E-state index is 0.102. The lowest BCUT2D eigenvalue weighted by molar-refractivity contribution is -0.119.